The molecule has 0 radical (unpaired) electrons. The van der Waals surface area contributed by atoms with Gasteiger partial charge in [0.05, 0.1) is 20.3 Å². The second-order valence-corrected chi connectivity index (χ2v) is 3.82. The summed E-state index contributed by atoms with van der Waals surface area (Å²) in [4.78, 5) is 4.10. The first kappa shape index (κ1) is 12.4. The lowest BCUT2D eigenvalue weighted by atomic mass is 10.0. The summed E-state index contributed by atoms with van der Waals surface area (Å²) in [7, 11) is 1.51. The Morgan fingerprint density at radius 1 is 1.28 bits per heavy atom. The third-order valence-corrected chi connectivity index (χ3v) is 2.69. The summed E-state index contributed by atoms with van der Waals surface area (Å²) in [5.41, 5.74) is 0.855. The number of nitrogens with zero attached hydrogens (tertiary/aromatic N) is 1. The fraction of sp³-hybridized carbons (Fsp3) is 0.214. The van der Waals surface area contributed by atoms with Crippen LogP contribution >= 0.6 is 0 Å². The molecule has 0 unspecified atom stereocenters. The minimum atomic E-state index is 0.0175. The lowest BCUT2D eigenvalue weighted by molar-refractivity contribution is 0.307. The molecule has 4 heteroatoms. The van der Waals surface area contributed by atoms with Gasteiger partial charge >= 0.3 is 0 Å². The number of benzene rings is 2. The average Bonchev–Trinajstić information content (AvgIpc) is 2.42. The summed E-state index contributed by atoms with van der Waals surface area (Å²) in [5, 5.41) is 20.4. The molecule has 2 N–H and O–H groups in total. The molecule has 0 aliphatic heterocycles. The van der Waals surface area contributed by atoms with E-state index in [0.717, 1.165) is 16.3 Å². The van der Waals surface area contributed by atoms with Gasteiger partial charge in [0.25, 0.3) is 0 Å². The average molecular weight is 245 g/mol. The number of aliphatic hydroxyl groups is 1. The van der Waals surface area contributed by atoms with Gasteiger partial charge in [-0.1, -0.05) is 24.3 Å². The highest BCUT2D eigenvalue weighted by molar-refractivity contribution is 6.03. The summed E-state index contributed by atoms with van der Waals surface area (Å²) in [6.07, 6.45) is 1.68. The van der Waals surface area contributed by atoms with E-state index in [1.54, 1.807) is 12.3 Å². The second-order valence-electron chi connectivity index (χ2n) is 3.82. The number of fused-ring (bicyclic) bond motifs is 1. The number of aliphatic imine (C=N–C) groups is 1. The maximum atomic E-state index is 10.0. The van der Waals surface area contributed by atoms with Crippen molar-refractivity contribution in [3.05, 3.63) is 35.9 Å². The van der Waals surface area contributed by atoms with Crippen molar-refractivity contribution < 1.29 is 14.9 Å². The van der Waals surface area contributed by atoms with Gasteiger partial charge in [0, 0.05) is 17.2 Å². The molecule has 0 heterocycles. The zero-order chi connectivity index (χ0) is 13.0. The van der Waals surface area contributed by atoms with E-state index in [9.17, 15) is 5.11 Å². The van der Waals surface area contributed by atoms with Crippen molar-refractivity contribution in [3.8, 4) is 11.5 Å². The number of hydrogen-bond donors (Lipinski definition) is 2. The van der Waals surface area contributed by atoms with Crippen LogP contribution in [-0.4, -0.2) is 36.7 Å². The molecule has 0 aromatic heterocycles. The predicted molar refractivity (Wildman–Crippen MR) is 71.7 cm³/mol. The highest BCUT2D eigenvalue weighted by Crippen LogP contribution is 2.36. The molecular weight excluding hydrogens is 230 g/mol. The maximum absolute atomic E-state index is 10.0. The Kier molecular flexibility index (Phi) is 3.79. The van der Waals surface area contributed by atoms with Gasteiger partial charge in [-0.25, -0.2) is 0 Å². The van der Waals surface area contributed by atoms with Crippen molar-refractivity contribution >= 4 is 17.0 Å². The highest BCUT2D eigenvalue weighted by atomic mass is 16.5. The summed E-state index contributed by atoms with van der Waals surface area (Å²) in [5.74, 6) is 0.548. The van der Waals surface area contributed by atoms with Crippen LogP contribution < -0.4 is 4.74 Å². The Hall–Kier alpha value is -2.07. The summed E-state index contributed by atoms with van der Waals surface area (Å²) in [6.45, 7) is 0.376. The van der Waals surface area contributed by atoms with Gasteiger partial charge in [0.1, 0.15) is 0 Å². The monoisotopic (exact) mass is 245 g/mol. The molecule has 0 spiro atoms. The maximum Gasteiger partial charge on any atom is 0.165 e. The fourth-order valence-corrected chi connectivity index (χ4v) is 1.84. The Morgan fingerprint density at radius 2 is 2.00 bits per heavy atom. The molecule has 0 atom stereocenters. The van der Waals surface area contributed by atoms with E-state index in [4.69, 9.17) is 9.84 Å². The molecule has 2 aromatic carbocycles. The molecule has 0 amide bonds. The van der Waals surface area contributed by atoms with Crippen LogP contribution in [0.3, 0.4) is 0 Å². The molecule has 4 nitrogen and oxygen atoms in total. The first-order valence-corrected chi connectivity index (χ1v) is 5.67. The Labute approximate surface area is 105 Å². The summed E-state index contributed by atoms with van der Waals surface area (Å²) < 4.78 is 5.14. The van der Waals surface area contributed by atoms with Crippen LogP contribution in [0, 0.1) is 0 Å². The van der Waals surface area contributed by atoms with Gasteiger partial charge in [-0.2, -0.15) is 0 Å². The van der Waals surface area contributed by atoms with Crippen molar-refractivity contribution in [1.29, 1.82) is 0 Å². The van der Waals surface area contributed by atoms with Crippen molar-refractivity contribution in [2.45, 2.75) is 0 Å². The van der Waals surface area contributed by atoms with Crippen LogP contribution in [0.4, 0.5) is 0 Å². The van der Waals surface area contributed by atoms with Gasteiger partial charge < -0.3 is 14.9 Å². The van der Waals surface area contributed by atoms with Crippen LogP contribution in [0.1, 0.15) is 5.56 Å². The molecule has 0 fully saturated rings. The van der Waals surface area contributed by atoms with Crippen molar-refractivity contribution in [2.24, 2.45) is 4.99 Å². The number of phenolic OH excluding ortho intramolecular Hbond substituents is 1. The molecule has 0 bridgehead atoms. The summed E-state index contributed by atoms with van der Waals surface area (Å²) >= 11 is 0. The molecule has 94 valence electrons. The molecule has 2 aromatic rings. The minimum Gasteiger partial charge on any atom is -0.504 e. The van der Waals surface area contributed by atoms with Crippen molar-refractivity contribution in [1.82, 2.24) is 0 Å². The normalized spacial score (nSPS) is 11.2. The van der Waals surface area contributed by atoms with E-state index in [0.29, 0.717) is 12.3 Å². The molecule has 18 heavy (non-hydrogen) atoms. The summed E-state index contributed by atoms with van der Waals surface area (Å²) in [6, 6.07) is 9.23. The van der Waals surface area contributed by atoms with Gasteiger partial charge in [-0.05, 0) is 11.5 Å². The smallest absolute Gasteiger partial charge is 0.165 e. The molecule has 0 saturated carbocycles. The van der Waals surface area contributed by atoms with Crippen LogP contribution in [0.5, 0.6) is 11.5 Å². The van der Waals surface area contributed by atoms with E-state index in [1.807, 2.05) is 24.3 Å². The number of phenols is 1. The van der Waals surface area contributed by atoms with Gasteiger partial charge in [-0.3, -0.25) is 4.99 Å². The topological polar surface area (TPSA) is 62.0 Å². The van der Waals surface area contributed by atoms with Gasteiger partial charge in [-0.15, -0.1) is 0 Å². The minimum absolute atomic E-state index is 0.0175. The third kappa shape index (κ3) is 2.28. The SMILES string of the molecule is COc1cc(C=NCCO)c2ccccc2c1O. The van der Waals surface area contributed by atoms with E-state index in [1.165, 1.54) is 7.11 Å². The predicted octanol–water partition coefficient (Wildman–Crippen LogP) is 1.97. The zero-order valence-electron chi connectivity index (χ0n) is 10.1. The van der Waals surface area contributed by atoms with Crippen LogP contribution in [0.15, 0.2) is 35.3 Å². The largest absolute Gasteiger partial charge is 0.504 e. The number of ether oxygens (including phenoxy) is 1. The lowest BCUT2D eigenvalue weighted by Crippen LogP contribution is -1.93. The van der Waals surface area contributed by atoms with Crippen molar-refractivity contribution in [3.63, 3.8) is 0 Å². The first-order valence-electron chi connectivity index (χ1n) is 5.67. The van der Waals surface area contributed by atoms with Gasteiger partial charge in [0.15, 0.2) is 11.5 Å². The van der Waals surface area contributed by atoms with Gasteiger partial charge in [0.2, 0.25) is 0 Å². The number of hydrogen-bond acceptors (Lipinski definition) is 4. The quantitative estimate of drug-likeness (QED) is 0.809. The Morgan fingerprint density at radius 3 is 2.67 bits per heavy atom. The van der Waals surface area contributed by atoms with Crippen molar-refractivity contribution in [2.75, 3.05) is 20.3 Å². The zero-order valence-corrected chi connectivity index (χ0v) is 10.1. The first-order chi connectivity index (χ1) is 8.77. The molecule has 0 aliphatic rings. The van der Waals surface area contributed by atoms with E-state index < -0.39 is 0 Å². The second kappa shape index (κ2) is 5.51. The number of methoxy groups -OCH3 is 1. The van der Waals surface area contributed by atoms with E-state index in [2.05, 4.69) is 4.99 Å². The Bertz CT molecular complexity index is 579. The van der Waals surface area contributed by atoms with Crippen LogP contribution in [0.25, 0.3) is 10.8 Å². The Balaban J connectivity index is 2.60. The number of rotatable bonds is 4. The molecular formula is C14H15NO3. The molecule has 0 saturated heterocycles. The molecule has 2 rings (SSSR count). The number of aliphatic hydroxyl groups excluding tert-OH is 1. The van der Waals surface area contributed by atoms with E-state index in [-0.39, 0.29) is 12.4 Å². The van der Waals surface area contributed by atoms with E-state index >= 15 is 0 Å². The number of aromatic hydroxyl groups is 1. The lowest BCUT2D eigenvalue weighted by Gasteiger charge is -2.09. The van der Waals surface area contributed by atoms with Crippen LogP contribution in [-0.2, 0) is 0 Å². The standard InChI is InChI=1S/C14H15NO3/c1-18-13-8-10(9-15-6-7-16)11-4-2-3-5-12(11)14(13)17/h2-5,8-9,16-17H,6-7H2,1H3. The highest BCUT2D eigenvalue weighted by Gasteiger charge is 2.10. The third-order valence-electron chi connectivity index (χ3n) is 2.69. The van der Waals surface area contributed by atoms with Crippen LogP contribution in [0.2, 0.25) is 0 Å². The molecule has 0 aliphatic carbocycles. The fourth-order valence-electron chi connectivity index (χ4n) is 1.84.